The maximum absolute atomic E-state index is 13.9. The molecule has 0 aliphatic carbocycles. The van der Waals surface area contributed by atoms with E-state index in [-0.39, 0.29) is 23.5 Å². The highest BCUT2D eigenvalue weighted by atomic mass is 16.6. The lowest BCUT2D eigenvalue weighted by atomic mass is 9.75. The summed E-state index contributed by atoms with van der Waals surface area (Å²) in [6, 6.07) is 11.0. The van der Waals surface area contributed by atoms with Crippen LogP contribution >= 0.6 is 0 Å². The molecule has 4 heterocycles. The Morgan fingerprint density at radius 1 is 1.12 bits per heavy atom. The second-order valence-corrected chi connectivity index (χ2v) is 9.11. The van der Waals surface area contributed by atoms with Gasteiger partial charge in [-0.05, 0) is 43.5 Å². The molecule has 6 rings (SSSR count). The van der Waals surface area contributed by atoms with Gasteiger partial charge in [0.2, 0.25) is 17.7 Å². The molecule has 4 aliphatic rings. The SMILES string of the molecule is CCc1cccc2c1NC(=O)[C@]21[C@@H]2C(=O)N(c3ccc([N+](=O)[O-])cc3)C(=O)[C@@H]2[C@@H]2CCCN21. The summed E-state index contributed by atoms with van der Waals surface area (Å²) in [6.45, 7) is 2.67. The predicted molar refractivity (Wildman–Crippen MR) is 118 cm³/mol. The molecule has 0 bridgehead atoms. The summed E-state index contributed by atoms with van der Waals surface area (Å²) in [5, 5.41) is 14.1. The topological polar surface area (TPSA) is 113 Å². The predicted octanol–water partition coefficient (Wildman–Crippen LogP) is 2.59. The van der Waals surface area contributed by atoms with Gasteiger partial charge in [-0.25, -0.2) is 4.90 Å². The van der Waals surface area contributed by atoms with Crippen molar-refractivity contribution in [2.45, 2.75) is 37.8 Å². The van der Waals surface area contributed by atoms with Crippen molar-refractivity contribution in [3.63, 3.8) is 0 Å². The van der Waals surface area contributed by atoms with E-state index in [9.17, 15) is 24.5 Å². The maximum atomic E-state index is 13.9. The third-order valence-electron chi connectivity index (χ3n) is 7.81. The van der Waals surface area contributed by atoms with Crippen LogP contribution in [0.5, 0.6) is 0 Å². The minimum Gasteiger partial charge on any atom is -0.324 e. The van der Waals surface area contributed by atoms with Crippen LogP contribution in [0.25, 0.3) is 0 Å². The van der Waals surface area contributed by atoms with Crippen LogP contribution < -0.4 is 10.2 Å². The lowest BCUT2D eigenvalue weighted by Gasteiger charge is -2.36. The molecule has 0 radical (unpaired) electrons. The molecule has 2 aromatic carbocycles. The van der Waals surface area contributed by atoms with Gasteiger partial charge >= 0.3 is 0 Å². The quantitative estimate of drug-likeness (QED) is 0.441. The van der Waals surface area contributed by atoms with Gasteiger partial charge in [-0.1, -0.05) is 25.1 Å². The van der Waals surface area contributed by atoms with Crippen molar-refractivity contribution >= 4 is 34.8 Å². The van der Waals surface area contributed by atoms with Gasteiger partial charge in [0.1, 0.15) is 5.54 Å². The molecule has 4 aliphatic heterocycles. The molecule has 0 aromatic heterocycles. The Labute approximate surface area is 189 Å². The lowest BCUT2D eigenvalue weighted by Crippen LogP contribution is -2.54. The normalized spacial score (nSPS) is 30.0. The van der Waals surface area contributed by atoms with Crippen LogP contribution in [0, 0.1) is 22.0 Å². The smallest absolute Gasteiger partial charge is 0.269 e. The van der Waals surface area contributed by atoms with Crippen molar-refractivity contribution in [3.05, 3.63) is 63.7 Å². The van der Waals surface area contributed by atoms with E-state index in [0.29, 0.717) is 12.2 Å². The number of hydrogen-bond donors (Lipinski definition) is 1. The molecule has 0 saturated carbocycles. The fourth-order valence-electron chi connectivity index (χ4n) is 6.56. The van der Waals surface area contributed by atoms with E-state index >= 15 is 0 Å². The van der Waals surface area contributed by atoms with Gasteiger partial charge in [-0.2, -0.15) is 0 Å². The molecular formula is C24H22N4O5. The third kappa shape index (κ3) is 2.32. The molecular weight excluding hydrogens is 424 g/mol. The molecule has 168 valence electrons. The largest absolute Gasteiger partial charge is 0.324 e. The minimum atomic E-state index is -1.21. The van der Waals surface area contributed by atoms with Gasteiger partial charge in [0.25, 0.3) is 5.69 Å². The van der Waals surface area contributed by atoms with Gasteiger partial charge in [-0.3, -0.25) is 29.4 Å². The van der Waals surface area contributed by atoms with E-state index in [1.165, 1.54) is 24.3 Å². The van der Waals surface area contributed by atoms with Crippen LogP contribution in [-0.4, -0.2) is 40.1 Å². The molecule has 1 N–H and O–H groups in total. The Bertz CT molecular complexity index is 1240. The number of carbonyl (C=O) groups is 3. The lowest BCUT2D eigenvalue weighted by molar-refractivity contribution is -0.384. The van der Waals surface area contributed by atoms with Gasteiger partial charge in [0.05, 0.1) is 22.4 Å². The van der Waals surface area contributed by atoms with Crippen molar-refractivity contribution in [2.75, 3.05) is 16.8 Å². The van der Waals surface area contributed by atoms with Crippen molar-refractivity contribution in [1.82, 2.24) is 4.90 Å². The molecule has 0 unspecified atom stereocenters. The first-order chi connectivity index (χ1) is 15.9. The summed E-state index contributed by atoms with van der Waals surface area (Å²) in [6.07, 6.45) is 2.33. The number of anilines is 2. The second kappa shape index (κ2) is 6.71. The summed E-state index contributed by atoms with van der Waals surface area (Å²) in [4.78, 5) is 55.0. The molecule has 9 heteroatoms. The Morgan fingerprint density at radius 3 is 2.58 bits per heavy atom. The van der Waals surface area contributed by atoms with Crippen molar-refractivity contribution < 1.29 is 19.3 Å². The molecule has 3 amide bonds. The molecule has 3 saturated heterocycles. The fourth-order valence-corrected chi connectivity index (χ4v) is 6.56. The number of carbonyl (C=O) groups excluding carboxylic acids is 3. The van der Waals surface area contributed by atoms with Crippen LogP contribution in [0.4, 0.5) is 17.1 Å². The molecule has 3 fully saturated rings. The maximum Gasteiger partial charge on any atom is 0.269 e. The first-order valence-electron chi connectivity index (χ1n) is 11.2. The van der Waals surface area contributed by atoms with Gasteiger partial charge in [0, 0.05) is 29.4 Å². The van der Waals surface area contributed by atoms with Gasteiger partial charge in [0.15, 0.2) is 0 Å². The fraction of sp³-hybridized carbons (Fsp3) is 0.375. The number of amides is 3. The number of nitrogens with one attached hydrogen (secondary N) is 1. The number of nitro benzene ring substituents is 1. The van der Waals surface area contributed by atoms with Crippen molar-refractivity contribution in [1.29, 1.82) is 0 Å². The second-order valence-electron chi connectivity index (χ2n) is 9.11. The summed E-state index contributed by atoms with van der Waals surface area (Å²) >= 11 is 0. The number of rotatable bonds is 3. The summed E-state index contributed by atoms with van der Waals surface area (Å²) in [7, 11) is 0. The summed E-state index contributed by atoms with van der Waals surface area (Å²) in [5.41, 5.74) is 1.50. The van der Waals surface area contributed by atoms with Crippen LogP contribution in [0.2, 0.25) is 0 Å². The van der Waals surface area contributed by atoms with Crippen molar-refractivity contribution in [2.24, 2.45) is 11.8 Å². The number of fused-ring (bicyclic) bond motifs is 7. The van der Waals surface area contributed by atoms with Gasteiger partial charge in [-0.15, -0.1) is 0 Å². The Morgan fingerprint density at radius 2 is 1.88 bits per heavy atom. The van der Waals surface area contributed by atoms with Crippen LogP contribution in [0.15, 0.2) is 42.5 Å². The standard InChI is InChI=1S/C24H22N4O5/c1-2-13-5-3-6-16-20(13)25-23(31)24(16)19-18(17-7-4-12-26(17)24)21(29)27(22(19)30)14-8-10-15(11-9-14)28(32)33/h3,5-6,8-11,17-19H,2,4,7,12H2,1H3,(H,25,31)/t17-,18+,19-,24+/m0/s1. The Kier molecular flexibility index (Phi) is 4.08. The molecule has 2 aromatic rings. The van der Waals surface area contributed by atoms with Crippen LogP contribution in [0.3, 0.4) is 0 Å². The summed E-state index contributed by atoms with van der Waals surface area (Å²) < 4.78 is 0. The molecule has 33 heavy (non-hydrogen) atoms. The molecule has 4 atom stereocenters. The number of nitro groups is 1. The average molecular weight is 446 g/mol. The zero-order valence-corrected chi connectivity index (χ0v) is 18.0. The number of aryl methyl sites for hydroxylation is 1. The zero-order chi connectivity index (χ0) is 23.1. The zero-order valence-electron chi connectivity index (χ0n) is 18.0. The van der Waals surface area contributed by atoms with Crippen LogP contribution in [-0.2, 0) is 26.3 Å². The molecule has 1 spiro atoms. The third-order valence-corrected chi connectivity index (χ3v) is 7.81. The minimum absolute atomic E-state index is 0.118. The summed E-state index contributed by atoms with van der Waals surface area (Å²) in [5.74, 6) is -2.46. The number of hydrogen-bond acceptors (Lipinski definition) is 6. The number of non-ortho nitro benzene ring substituents is 1. The van der Waals surface area contributed by atoms with E-state index in [2.05, 4.69) is 10.2 Å². The monoisotopic (exact) mass is 446 g/mol. The van der Waals surface area contributed by atoms with Crippen molar-refractivity contribution in [3.8, 4) is 0 Å². The number of nitrogens with zero attached hydrogens (tertiary/aromatic N) is 3. The Balaban J connectivity index is 1.51. The first-order valence-corrected chi connectivity index (χ1v) is 11.2. The average Bonchev–Trinajstić information content (AvgIpc) is 3.52. The van der Waals surface area contributed by atoms with E-state index < -0.39 is 28.2 Å². The number of benzene rings is 2. The van der Waals surface area contributed by atoms with E-state index in [1.54, 1.807) is 0 Å². The highest BCUT2D eigenvalue weighted by molar-refractivity contribution is 6.26. The molecule has 9 nitrogen and oxygen atoms in total. The Hall–Kier alpha value is -3.59. The van der Waals surface area contributed by atoms with E-state index in [0.717, 1.165) is 41.0 Å². The van der Waals surface area contributed by atoms with E-state index in [4.69, 9.17) is 0 Å². The number of para-hydroxylation sites is 1. The highest BCUT2D eigenvalue weighted by Crippen LogP contribution is 2.61. The van der Waals surface area contributed by atoms with E-state index in [1.807, 2.05) is 25.1 Å². The van der Waals surface area contributed by atoms with Gasteiger partial charge < -0.3 is 5.32 Å². The number of imide groups is 1. The highest BCUT2D eigenvalue weighted by Gasteiger charge is 2.74. The van der Waals surface area contributed by atoms with Crippen LogP contribution in [0.1, 0.15) is 30.9 Å². The first kappa shape index (κ1) is 20.0.